The predicted molar refractivity (Wildman–Crippen MR) is 87.3 cm³/mol. The zero-order chi connectivity index (χ0) is 15.4. The van der Waals surface area contributed by atoms with Gasteiger partial charge in [-0.25, -0.2) is 0 Å². The van der Waals surface area contributed by atoms with E-state index in [9.17, 15) is 4.79 Å². The number of thioether (sulfide) groups is 1. The molecule has 1 saturated heterocycles. The summed E-state index contributed by atoms with van der Waals surface area (Å²) >= 11 is 3.09. The Hall–Kier alpha value is -1.38. The number of nitrogens with zero attached hydrogens (tertiary/aromatic N) is 3. The maximum absolute atomic E-state index is 12.2. The molecule has 0 radical (unpaired) electrons. The van der Waals surface area contributed by atoms with Crippen molar-refractivity contribution in [1.82, 2.24) is 19.8 Å². The van der Waals surface area contributed by atoms with E-state index in [1.807, 2.05) is 23.9 Å². The number of hydrogen-bond acceptors (Lipinski definition) is 7. The number of furan rings is 1. The molecule has 6 nitrogen and oxygen atoms in total. The first-order valence-corrected chi connectivity index (χ1v) is 9.11. The zero-order valence-corrected chi connectivity index (χ0v) is 14.0. The second-order valence-electron chi connectivity index (χ2n) is 5.08. The minimum Gasteiger partial charge on any atom is -0.468 e. The highest BCUT2D eigenvalue weighted by atomic mass is 32.2. The lowest BCUT2D eigenvalue weighted by molar-refractivity contribution is 0.0933. The van der Waals surface area contributed by atoms with Crippen molar-refractivity contribution in [2.45, 2.75) is 13.0 Å². The molecule has 118 valence electrons. The summed E-state index contributed by atoms with van der Waals surface area (Å²) in [6, 6.07) is 3.93. The first-order valence-electron chi connectivity index (χ1n) is 7.18. The third kappa shape index (κ3) is 3.50. The van der Waals surface area contributed by atoms with Crippen molar-refractivity contribution in [1.29, 1.82) is 0 Å². The van der Waals surface area contributed by atoms with Crippen molar-refractivity contribution >= 4 is 29.2 Å². The highest BCUT2D eigenvalue weighted by Crippen LogP contribution is 2.24. The normalized spacial score (nSPS) is 17.3. The molecule has 1 aliphatic heterocycles. The van der Waals surface area contributed by atoms with Crippen molar-refractivity contribution < 1.29 is 9.21 Å². The summed E-state index contributed by atoms with van der Waals surface area (Å²) in [5, 5.41) is 6.88. The topological polar surface area (TPSA) is 71.3 Å². The third-order valence-electron chi connectivity index (χ3n) is 3.67. The molecule has 2 aromatic rings. The number of nitrogens with one attached hydrogen (secondary N) is 1. The largest absolute Gasteiger partial charge is 0.468 e. The molecule has 1 atom stereocenters. The maximum atomic E-state index is 12.2. The van der Waals surface area contributed by atoms with E-state index in [-0.39, 0.29) is 11.9 Å². The summed E-state index contributed by atoms with van der Waals surface area (Å²) in [5.74, 6) is 3.01. The van der Waals surface area contributed by atoms with Gasteiger partial charge in [0, 0.05) is 31.1 Å². The number of rotatable bonds is 5. The summed E-state index contributed by atoms with van der Waals surface area (Å²) in [4.78, 5) is 15.2. The summed E-state index contributed by atoms with van der Waals surface area (Å²) in [6.07, 6.45) is 1.68. The van der Waals surface area contributed by atoms with Gasteiger partial charge in [0.2, 0.25) is 0 Å². The van der Waals surface area contributed by atoms with Crippen molar-refractivity contribution in [3.63, 3.8) is 0 Å². The van der Waals surface area contributed by atoms with Gasteiger partial charge in [-0.2, -0.15) is 11.8 Å². The molecule has 8 heteroatoms. The van der Waals surface area contributed by atoms with Gasteiger partial charge in [0.1, 0.15) is 10.6 Å². The molecule has 3 heterocycles. The molecule has 1 aliphatic rings. The van der Waals surface area contributed by atoms with E-state index in [1.54, 1.807) is 13.2 Å². The highest BCUT2D eigenvalue weighted by molar-refractivity contribution is 7.99. The Morgan fingerprint density at radius 1 is 1.50 bits per heavy atom. The van der Waals surface area contributed by atoms with Crippen molar-refractivity contribution in [3.8, 4) is 0 Å². The third-order valence-corrected chi connectivity index (χ3v) is 5.44. The zero-order valence-electron chi connectivity index (χ0n) is 12.3. The van der Waals surface area contributed by atoms with Crippen LogP contribution in [0.25, 0.3) is 0 Å². The van der Waals surface area contributed by atoms with E-state index < -0.39 is 0 Å². The fourth-order valence-electron chi connectivity index (χ4n) is 2.49. The molecule has 2 aromatic heterocycles. The lowest BCUT2D eigenvalue weighted by atomic mass is 10.1. The molecule has 1 N–H and O–H groups in total. The van der Waals surface area contributed by atoms with Gasteiger partial charge in [-0.15, -0.1) is 5.10 Å². The van der Waals surface area contributed by atoms with E-state index >= 15 is 0 Å². The SMILES string of the molecule is Cc1nnsc1C(=O)NC[C@@H](c1ccco1)N1CCSCC1. The molecule has 1 fully saturated rings. The fraction of sp³-hybridized carbons (Fsp3) is 0.500. The molecule has 0 spiro atoms. The molecule has 0 aliphatic carbocycles. The second-order valence-corrected chi connectivity index (χ2v) is 7.06. The molecular weight excluding hydrogens is 320 g/mol. The van der Waals surface area contributed by atoms with Crippen molar-refractivity contribution in [2.75, 3.05) is 31.1 Å². The summed E-state index contributed by atoms with van der Waals surface area (Å²) in [6.45, 7) is 4.33. The lowest BCUT2D eigenvalue weighted by Gasteiger charge is -2.33. The van der Waals surface area contributed by atoms with Crippen LogP contribution in [0.4, 0.5) is 0 Å². The van der Waals surface area contributed by atoms with Crippen molar-refractivity contribution in [2.24, 2.45) is 0 Å². The molecule has 0 saturated carbocycles. The van der Waals surface area contributed by atoms with E-state index in [4.69, 9.17) is 4.42 Å². The van der Waals surface area contributed by atoms with Gasteiger partial charge < -0.3 is 9.73 Å². The van der Waals surface area contributed by atoms with E-state index in [0.717, 1.165) is 41.9 Å². The van der Waals surface area contributed by atoms with Crippen LogP contribution >= 0.6 is 23.3 Å². The van der Waals surface area contributed by atoms with Gasteiger partial charge in [0.05, 0.1) is 18.0 Å². The Morgan fingerprint density at radius 2 is 2.32 bits per heavy atom. The smallest absolute Gasteiger partial charge is 0.265 e. The number of carbonyl (C=O) groups excluding carboxylic acids is 1. The lowest BCUT2D eigenvalue weighted by Crippen LogP contribution is -2.41. The average Bonchev–Trinajstić information content (AvgIpc) is 3.20. The van der Waals surface area contributed by atoms with Gasteiger partial charge in [0.15, 0.2) is 0 Å². The van der Waals surface area contributed by atoms with Crippen LogP contribution in [0.1, 0.15) is 27.2 Å². The minimum absolute atomic E-state index is 0.0704. The second kappa shape index (κ2) is 7.26. The fourth-order valence-corrected chi connectivity index (χ4v) is 3.99. The molecule has 0 aromatic carbocycles. The van der Waals surface area contributed by atoms with Crippen LogP contribution in [0.3, 0.4) is 0 Å². The highest BCUT2D eigenvalue weighted by Gasteiger charge is 2.25. The first-order chi connectivity index (χ1) is 10.8. The Morgan fingerprint density at radius 3 is 2.95 bits per heavy atom. The minimum atomic E-state index is -0.115. The number of hydrogen-bond donors (Lipinski definition) is 1. The quantitative estimate of drug-likeness (QED) is 0.899. The molecule has 0 unspecified atom stereocenters. The van der Waals surface area contributed by atoms with Gasteiger partial charge in [-0.05, 0) is 30.6 Å². The number of aromatic nitrogens is 2. The van der Waals surface area contributed by atoms with Crippen LogP contribution in [-0.2, 0) is 0 Å². The molecular formula is C14H18N4O2S2. The Kier molecular flexibility index (Phi) is 5.12. The predicted octanol–water partition coefficient (Wildman–Crippen LogP) is 1.96. The number of aryl methyl sites for hydroxylation is 1. The van der Waals surface area contributed by atoms with E-state index in [0.29, 0.717) is 17.1 Å². The van der Waals surface area contributed by atoms with Gasteiger partial charge in [0.25, 0.3) is 5.91 Å². The van der Waals surface area contributed by atoms with E-state index in [2.05, 4.69) is 19.8 Å². The Labute approximate surface area is 137 Å². The molecule has 22 heavy (non-hydrogen) atoms. The van der Waals surface area contributed by atoms with Crippen LogP contribution in [0.2, 0.25) is 0 Å². The van der Waals surface area contributed by atoms with Crippen LogP contribution in [-0.4, -0.2) is 51.5 Å². The Balaban J connectivity index is 1.68. The van der Waals surface area contributed by atoms with Crippen LogP contribution in [0, 0.1) is 6.92 Å². The average molecular weight is 338 g/mol. The van der Waals surface area contributed by atoms with Crippen molar-refractivity contribution in [3.05, 3.63) is 34.7 Å². The van der Waals surface area contributed by atoms with E-state index in [1.165, 1.54) is 0 Å². The maximum Gasteiger partial charge on any atom is 0.265 e. The van der Waals surface area contributed by atoms with Gasteiger partial charge in [-0.3, -0.25) is 9.69 Å². The van der Waals surface area contributed by atoms with Gasteiger partial charge in [-0.1, -0.05) is 4.49 Å². The Bertz CT molecular complexity index is 608. The molecule has 0 bridgehead atoms. The monoisotopic (exact) mass is 338 g/mol. The van der Waals surface area contributed by atoms with Crippen LogP contribution < -0.4 is 5.32 Å². The van der Waals surface area contributed by atoms with Crippen LogP contribution in [0.5, 0.6) is 0 Å². The summed E-state index contributed by atoms with van der Waals surface area (Å²) < 4.78 is 9.38. The van der Waals surface area contributed by atoms with Gasteiger partial charge >= 0.3 is 0 Å². The first kappa shape index (κ1) is 15.5. The summed E-state index contributed by atoms with van der Waals surface area (Å²) in [5.41, 5.74) is 0.673. The summed E-state index contributed by atoms with van der Waals surface area (Å²) in [7, 11) is 0. The standard InChI is InChI=1S/C14H18N4O2S2/c1-10-13(22-17-16-10)14(19)15-9-11(12-3-2-6-20-12)18-4-7-21-8-5-18/h2-3,6,11H,4-5,7-9H2,1H3,(H,15,19)/t11-/m0/s1. The molecule has 1 amide bonds. The number of carbonyl (C=O) groups is 1. The van der Waals surface area contributed by atoms with Crippen LogP contribution in [0.15, 0.2) is 22.8 Å². The number of amides is 1. The molecule has 3 rings (SSSR count).